The molecule has 1 aromatic carbocycles. The Hall–Kier alpha value is -2.62. The molecule has 0 radical (unpaired) electrons. The van der Waals surface area contributed by atoms with E-state index in [2.05, 4.69) is 14.7 Å². The summed E-state index contributed by atoms with van der Waals surface area (Å²) in [6.07, 6.45) is 3.39. The summed E-state index contributed by atoms with van der Waals surface area (Å²) >= 11 is 0. The van der Waals surface area contributed by atoms with Crippen molar-refractivity contribution in [3.05, 3.63) is 53.1 Å². The van der Waals surface area contributed by atoms with Crippen LogP contribution >= 0.6 is 0 Å². The minimum Gasteiger partial charge on any atom is -0.444 e. The smallest absolute Gasteiger partial charge is 0.408 e. The maximum absolute atomic E-state index is 14.6. The molecule has 186 valence electrons. The number of alkyl carbamates (subject to hydrolysis) is 1. The van der Waals surface area contributed by atoms with Crippen molar-refractivity contribution in [3.63, 3.8) is 0 Å². The number of carbonyl (C=O) groups is 1. The second kappa shape index (κ2) is 9.93. The Labute approximate surface area is 201 Å². The van der Waals surface area contributed by atoms with Crippen LogP contribution in [0.15, 0.2) is 28.8 Å². The molecule has 1 amide bonds. The number of aromatic nitrogens is 2. The van der Waals surface area contributed by atoms with Gasteiger partial charge < -0.3 is 14.6 Å². The van der Waals surface area contributed by atoms with Crippen molar-refractivity contribution in [1.82, 2.24) is 14.9 Å². The highest BCUT2D eigenvalue weighted by Gasteiger charge is 2.31. The minimum absolute atomic E-state index is 0.263. The van der Waals surface area contributed by atoms with E-state index in [9.17, 15) is 17.8 Å². The molecule has 0 fully saturated rings. The lowest BCUT2D eigenvalue weighted by atomic mass is 9.93. The molecule has 10 heteroatoms. The van der Waals surface area contributed by atoms with Gasteiger partial charge in [0.2, 0.25) is 0 Å². The third-order valence-electron chi connectivity index (χ3n) is 5.35. The van der Waals surface area contributed by atoms with Gasteiger partial charge in [-0.05, 0) is 66.0 Å². The lowest BCUT2D eigenvalue weighted by molar-refractivity contribution is 0.0498. The van der Waals surface area contributed by atoms with Gasteiger partial charge in [0, 0.05) is 12.5 Å². The number of hydrogen-bond acceptors (Lipinski definition) is 4. The van der Waals surface area contributed by atoms with Gasteiger partial charge >= 0.3 is 6.09 Å². The molecule has 0 spiro atoms. The van der Waals surface area contributed by atoms with Crippen LogP contribution in [0.1, 0.15) is 83.4 Å². The first-order valence-corrected chi connectivity index (χ1v) is 12.3. The minimum atomic E-state index is -1.48. The highest BCUT2D eigenvalue weighted by atomic mass is 32.2. The number of nitrogens with one attached hydrogen (secondary N) is 1. The molecule has 1 N–H and O–H groups in total. The predicted molar refractivity (Wildman–Crippen MR) is 128 cm³/mol. The SMILES string of the molecule is CC(C)(C)OC(=O)N[C@@H]1CC[C@@H](c2cccc(F)c2F)Cn2c(/C=N/S(=O)C(C)(C)C)cnc21. The fourth-order valence-corrected chi connectivity index (χ4v) is 4.25. The number of nitrogens with zero attached hydrogens (tertiary/aromatic N) is 3. The molecule has 1 aliphatic heterocycles. The fourth-order valence-electron chi connectivity index (χ4n) is 3.73. The third-order valence-corrected chi connectivity index (χ3v) is 6.70. The van der Waals surface area contributed by atoms with Crippen molar-refractivity contribution in [3.8, 4) is 0 Å². The van der Waals surface area contributed by atoms with Crippen molar-refractivity contribution in [1.29, 1.82) is 0 Å². The summed E-state index contributed by atoms with van der Waals surface area (Å²) in [5.41, 5.74) is 0.151. The number of halogens is 2. The Balaban J connectivity index is 1.98. The van der Waals surface area contributed by atoms with Gasteiger partial charge in [0.1, 0.15) is 22.4 Å². The number of rotatable bonds is 4. The molecule has 0 saturated carbocycles. The molecule has 2 aromatic rings. The number of ether oxygens (including phenoxy) is 1. The van der Waals surface area contributed by atoms with Crippen LogP contribution in [0.25, 0.3) is 0 Å². The van der Waals surface area contributed by atoms with Crippen molar-refractivity contribution in [2.45, 2.75) is 83.2 Å². The molecule has 1 aliphatic rings. The number of imidazole rings is 1. The average molecular weight is 495 g/mol. The molecular formula is C24H32F2N4O3S. The molecule has 0 aliphatic carbocycles. The standard InChI is InChI=1S/C24H32F2N4O3S/c1-23(2,3)33-22(31)29-19-11-10-15(17-8-7-9-18(25)20(17)26)14-30-16(12-27-21(19)30)13-28-34(32)24(4,5)6/h7-9,12-13,15,19H,10-11,14H2,1-6H3,(H,29,31)/b28-13+/t15-,19-,34?/m1/s1. The zero-order valence-corrected chi connectivity index (χ0v) is 21.2. The van der Waals surface area contributed by atoms with Crippen LogP contribution in [-0.2, 0) is 22.3 Å². The van der Waals surface area contributed by atoms with E-state index in [1.165, 1.54) is 12.3 Å². The monoisotopic (exact) mass is 494 g/mol. The Morgan fingerprint density at radius 1 is 1.24 bits per heavy atom. The molecule has 3 atom stereocenters. The molecule has 7 nitrogen and oxygen atoms in total. The normalized spacial score (nSPS) is 20.0. The maximum atomic E-state index is 14.6. The van der Waals surface area contributed by atoms with Crippen LogP contribution in [0, 0.1) is 11.6 Å². The Morgan fingerprint density at radius 2 is 1.94 bits per heavy atom. The van der Waals surface area contributed by atoms with Crippen LogP contribution < -0.4 is 5.32 Å². The predicted octanol–water partition coefficient (Wildman–Crippen LogP) is 5.19. The van der Waals surface area contributed by atoms with Crippen molar-refractivity contribution >= 4 is 23.3 Å². The van der Waals surface area contributed by atoms with Gasteiger partial charge in [-0.3, -0.25) is 0 Å². The molecule has 0 bridgehead atoms. The van der Waals surface area contributed by atoms with Crippen LogP contribution in [0.3, 0.4) is 0 Å². The largest absolute Gasteiger partial charge is 0.444 e. The van der Waals surface area contributed by atoms with Crippen LogP contribution in [0.5, 0.6) is 0 Å². The van der Waals surface area contributed by atoms with Gasteiger partial charge in [0.25, 0.3) is 0 Å². The summed E-state index contributed by atoms with van der Waals surface area (Å²) in [6, 6.07) is 3.64. The van der Waals surface area contributed by atoms with Gasteiger partial charge in [-0.1, -0.05) is 12.1 Å². The van der Waals surface area contributed by atoms with Crippen LogP contribution in [0.4, 0.5) is 13.6 Å². The van der Waals surface area contributed by atoms with E-state index < -0.39 is 45.1 Å². The van der Waals surface area contributed by atoms with Crippen LogP contribution in [-0.4, -0.2) is 36.4 Å². The summed E-state index contributed by atoms with van der Waals surface area (Å²) < 4.78 is 51.9. The van der Waals surface area contributed by atoms with E-state index in [0.29, 0.717) is 30.9 Å². The highest BCUT2D eigenvalue weighted by Crippen LogP contribution is 2.35. The summed E-state index contributed by atoms with van der Waals surface area (Å²) in [6.45, 7) is 11.1. The first-order chi connectivity index (χ1) is 15.8. The molecule has 3 rings (SSSR count). The molecule has 34 heavy (non-hydrogen) atoms. The lowest BCUT2D eigenvalue weighted by Crippen LogP contribution is -2.35. The molecule has 1 aromatic heterocycles. The topological polar surface area (TPSA) is 85.6 Å². The van der Waals surface area contributed by atoms with Gasteiger partial charge in [-0.15, -0.1) is 0 Å². The second-order valence-electron chi connectivity index (χ2n) is 10.4. The molecular weight excluding hydrogens is 462 g/mol. The maximum Gasteiger partial charge on any atom is 0.408 e. The highest BCUT2D eigenvalue weighted by molar-refractivity contribution is 7.85. The quantitative estimate of drug-likeness (QED) is 0.593. The number of hydrogen-bond donors (Lipinski definition) is 1. The number of benzene rings is 1. The van der Waals surface area contributed by atoms with E-state index in [1.54, 1.807) is 33.0 Å². The van der Waals surface area contributed by atoms with E-state index in [0.717, 1.165) is 6.07 Å². The van der Waals surface area contributed by atoms with Gasteiger partial charge in [0.05, 0.1) is 28.9 Å². The van der Waals surface area contributed by atoms with Gasteiger partial charge in [0.15, 0.2) is 11.6 Å². The zero-order valence-electron chi connectivity index (χ0n) is 20.4. The first kappa shape index (κ1) is 26.0. The van der Waals surface area contributed by atoms with E-state index >= 15 is 0 Å². The molecule has 2 heterocycles. The average Bonchev–Trinajstić information content (AvgIpc) is 3.02. The number of fused-ring (bicyclic) bond motifs is 1. The third kappa shape index (κ3) is 6.28. The summed E-state index contributed by atoms with van der Waals surface area (Å²) in [5, 5.41) is 2.86. The van der Waals surface area contributed by atoms with Crippen LogP contribution in [0.2, 0.25) is 0 Å². The summed E-state index contributed by atoms with van der Waals surface area (Å²) in [4.78, 5) is 17.0. The Bertz CT molecular complexity index is 1100. The van der Waals surface area contributed by atoms with E-state index in [4.69, 9.17) is 4.74 Å². The second-order valence-corrected chi connectivity index (χ2v) is 12.3. The Morgan fingerprint density at radius 3 is 2.59 bits per heavy atom. The van der Waals surface area contributed by atoms with Gasteiger partial charge in [-0.2, -0.15) is 4.40 Å². The van der Waals surface area contributed by atoms with E-state index in [1.807, 2.05) is 25.3 Å². The first-order valence-electron chi connectivity index (χ1n) is 11.2. The number of amides is 1. The summed E-state index contributed by atoms with van der Waals surface area (Å²) in [5.74, 6) is -1.60. The van der Waals surface area contributed by atoms with Crippen molar-refractivity contribution in [2.75, 3.05) is 0 Å². The Kier molecular flexibility index (Phi) is 7.59. The van der Waals surface area contributed by atoms with Crippen molar-refractivity contribution < 1.29 is 22.5 Å². The summed E-state index contributed by atoms with van der Waals surface area (Å²) in [7, 11) is -1.48. The van der Waals surface area contributed by atoms with Crippen molar-refractivity contribution in [2.24, 2.45) is 4.40 Å². The van der Waals surface area contributed by atoms with Gasteiger partial charge in [-0.25, -0.2) is 22.8 Å². The van der Waals surface area contributed by atoms with E-state index in [-0.39, 0.29) is 11.5 Å². The molecule has 1 unspecified atom stereocenters. The zero-order chi connectivity index (χ0) is 25.3. The molecule has 0 saturated heterocycles. The number of carbonyl (C=O) groups excluding carboxylic acids is 1. The lowest BCUT2D eigenvalue weighted by Gasteiger charge is -2.23. The fraction of sp³-hybridized carbons (Fsp3) is 0.542.